The molecule has 114 valence electrons. The molecule has 0 amide bonds. The van der Waals surface area contributed by atoms with Gasteiger partial charge in [0, 0.05) is 21.8 Å². The van der Waals surface area contributed by atoms with E-state index in [4.69, 9.17) is 17.3 Å². The minimum absolute atomic E-state index is 0.279. The van der Waals surface area contributed by atoms with E-state index in [2.05, 4.69) is 24.9 Å². The van der Waals surface area contributed by atoms with Crippen molar-refractivity contribution in [3.05, 3.63) is 46.1 Å². The van der Waals surface area contributed by atoms with Crippen LogP contribution in [0.4, 0.5) is 5.82 Å². The number of hydrogen-bond acceptors (Lipinski definition) is 3. The van der Waals surface area contributed by atoms with Crippen molar-refractivity contribution in [2.24, 2.45) is 5.92 Å². The van der Waals surface area contributed by atoms with Crippen molar-refractivity contribution in [3.8, 4) is 17.2 Å². The van der Waals surface area contributed by atoms with Crippen molar-refractivity contribution in [1.29, 1.82) is 5.26 Å². The van der Waals surface area contributed by atoms with E-state index in [1.54, 1.807) is 0 Å². The lowest BCUT2D eigenvalue weighted by molar-refractivity contribution is 0.551. The number of anilines is 1. The van der Waals surface area contributed by atoms with Crippen LogP contribution in [0.5, 0.6) is 0 Å². The molecule has 22 heavy (non-hydrogen) atoms. The molecule has 2 rings (SSSR count). The van der Waals surface area contributed by atoms with Crippen molar-refractivity contribution < 1.29 is 0 Å². The summed E-state index contributed by atoms with van der Waals surface area (Å²) in [5, 5.41) is 10.1. The SMILES string of the molecule is CC[C@@H](C)Cc1nc(N)c(C#N)c(-c2ccccc2Cl)c1C. The maximum absolute atomic E-state index is 9.48. The number of nitriles is 1. The lowest BCUT2D eigenvalue weighted by atomic mass is 9.91. The van der Waals surface area contributed by atoms with Gasteiger partial charge in [-0.1, -0.05) is 50.1 Å². The standard InChI is InChI=1S/C18H20ClN3/c1-4-11(2)9-16-12(3)17(14(10-20)18(21)22-16)13-7-5-6-8-15(13)19/h5-8,11H,4,9H2,1-3H3,(H2,21,22)/t11-/m1/s1. The number of benzene rings is 1. The van der Waals surface area contributed by atoms with Crippen molar-refractivity contribution in [2.75, 3.05) is 5.73 Å². The monoisotopic (exact) mass is 313 g/mol. The number of nitrogens with zero attached hydrogens (tertiary/aromatic N) is 2. The van der Waals surface area contributed by atoms with Gasteiger partial charge in [-0.3, -0.25) is 0 Å². The van der Waals surface area contributed by atoms with Gasteiger partial charge < -0.3 is 5.73 Å². The van der Waals surface area contributed by atoms with Crippen LogP contribution >= 0.6 is 11.6 Å². The van der Waals surface area contributed by atoms with Crippen LogP contribution in [0.25, 0.3) is 11.1 Å². The van der Waals surface area contributed by atoms with Crippen molar-refractivity contribution in [2.45, 2.75) is 33.6 Å². The fraction of sp³-hybridized carbons (Fsp3) is 0.333. The van der Waals surface area contributed by atoms with Gasteiger partial charge in [-0.15, -0.1) is 0 Å². The Hall–Kier alpha value is -2.05. The summed E-state index contributed by atoms with van der Waals surface area (Å²) in [6.07, 6.45) is 1.91. The van der Waals surface area contributed by atoms with E-state index in [1.165, 1.54) is 0 Å². The number of halogens is 1. The van der Waals surface area contributed by atoms with Crippen LogP contribution in [0.3, 0.4) is 0 Å². The molecule has 4 heteroatoms. The quantitative estimate of drug-likeness (QED) is 0.885. The van der Waals surface area contributed by atoms with Crippen LogP contribution in [-0.4, -0.2) is 4.98 Å². The zero-order valence-electron chi connectivity index (χ0n) is 13.2. The molecule has 2 aromatic rings. The Morgan fingerprint density at radius 3 is 2.64 bits per heavy atom. The molecule has 0 saturated heterocycles. The summed E-state index contributed by atoms with van der Waals surface area (Å²) in [6, 6.07) is 9.70. The molecule has 3 nitrogen and oxygen atoms in total. The van der Waals surface area contributed by atoms with Gasteiger partial charge in [0.15, 0.2) is 0 Å². The van der Waals surface area contributed by atoms with Gasteiger partial charge in [0.2, 0.25) is 0 Å². The summed E-state index contributed by atoms with van der Waals surface area (Å²) in [6.45, 7) is 6.33. The Morgan fingerprint density at radius 1 is 1.36 bits per heavy atom. The Kier molecular flexibility index (Phi) is 5.05. The summed E-state index contributed by atoms with van der Waals surface area (Å²) in [7, 11) is 0. The summed E-state index contributed by atoms with van der Waals surface area (Å²) in [4.78, 5) is 4.46. The fourth-order valence-electron chi connectivity index (χ4n) is 2.53. The second-order valence-corrected chi connectivity index (χ2v) is 6.04. The third kappa shape index (κ3) is 3.08. The molecule has 0 aliphatic carbocycles. The van der Waals surface area contributed by atoms with Gasteiger partial charge in [-0.2, -0.15) is 5.26 Å². The number of hydrogen-bond donors (Lipinski definition) is 1. The number of nitrogens with two attached hydrogens (primary N) is 1. The predicted molar refractivity (Wildman–Crippen MR) is 91.7 cm³/mol. The molecule has 1 aromatic carbocycles. The third-order valence-corrected chi connectivity index (χ3v) is 4.39. The highest BCUT2D eigenvalue weighted by atomic mass is 35.5. The van der Waals surface area contributed by atoms with E-state index in [0.717, 1.165) is 35.2 Å². The highest BCUT2D eigenvalue weighted by Gasteiger charge is 2.19. The molecule has 2 N–H and O–H groups in total. The van der Waals surface area contributed by atoms with Gasteiger partial charge in [0.25, 0.3) is 0 Å². The van der Waals surface area contributed by atoms with E-state index in [9.17, 15) is 5.26 Å². The Balaban J connectivity index is 2.71. The molecule has 0 radical (unpaired) electrons. The van der Waals surface area contributed by atoms with E-state index >= 15 is 0 Å². The molecule has 0 aliphatic heterocycles. The smallest absolute Gasteiger partial charge is 0.142 e. The van der Waals surface area contributed by atoms with E-state index in [1.807, 2.05) is 31.2 Å². The lowest BCUT2D eigenvalue weighted by Gasteiger charge is -2.17. The van der Waals surface area contributed by atoms with E-state index in [-0.39, 0.29) is 5.82 Å². The Labute approximate surface area is 136 Å². The summed E-state index contributed by atoms with van der Waals surface area (Å²) in [5.41, 5.74) is 10.00. The van der Waals surface area contributed by atoms with Gasteiger partial charge in [-0.25, -0.2) is 4.98 Å². The minimum Gasteiger partial charge on any atom is -0.383 e. The van der Waals surface area contributed by atoms with Crippen LogP contribution in [0, 0.1) is 24.2 Å². The lowest BCUT2D eigenvalue weighted by Crippen LogP contribution is -2.09. The molecule has 0 bridgehead atoms. The minimum atomic E-state index is 0.279. The first-order valence-electron chi connectivity index (χ1n) is 7.43. The molecule has 0 fully saturated rings. The topological polar surface area (TPSA) is 62.7 Å². The Morgan fingerprint density at radius 2 is 2.05 bits per heavy atom. The van der Waals surface area contributed by atoms with E-state index in [0.29, 0.717) is 16.5 Å². The average molecular weight is 314 g/mol. The first-order chi connectivity index (χ1) is 10.5. The Bertz CT molecular complexity index is 732. The second-order valence-electron chi connectivity index (χ2n) is 5.63. The van der Waals surface area contributed by atoms with Crippen LogP contribution in [0.1, 0.15) is 37.1 Å². The van der Waals surface area contributed by atoms with E-state index < -0.39 is 0 Å². The maximum Gasteiger partial charge on any atom is 0.142 e. The normalized spacial score (nSPS) is 12.0. The highest BCUT2D eigenvalue weighted by molar-refractivity contribution is 6.33. The third-order valence-electron chi connectivity index (χ3n) is 4.06. The van der Waals surface area contributed by atoms with Crippen LogP contribution < -0.4 is 5.73 Å². The fourth-order valence-corrected chi connectivity index (χ4v) is 2.76. The van der Waals surface area contributed by atoms with Gasteiger partial charge in [-0.05, 0) is 30.9 Å². The summed E-state index contributed by atoms with van der Waals surface area (Å²) >= 11 is 6.33. The highest BCUT2D eigenvalue weighted by Crippen LogP contribution is 2.36. The number of aromatic nitrogens is 1. The molecule has 0 spiro atoms. The number of pyridine rings is 1. The molecule has 1 atom stereocenters. The summed E-state index contributed by atoms with van der Waals surface area (Å²) < 4.78 is 0. The van der Waals surface area contributed by atoms with Crippen LogP contribution in [-0.2, 0) is 6.42 Å². The second kappa shape index (κ2) is 6.81. The first-order valence-corrected chi connectivity index (χ1v) is 7.81. The first kappa shape index (κ1) is 16.3. The molecule has 0 aliphatic rings. The molecule has 1 aromatic heterocycles. The van der Waals surface area contributed by atoms with Gasteiger partial charge in [0.1, 0.15) is 17.5 Å². The maximum atomic E-state index is 9.48. The van der Waals surface area contributed by atoms with Gasteiger partial charge >= 0.3 is 0 Å². The average Bonchev–Trinajstić information content (AvgIpc) is 2.51. The van der Waals surface area contributed by atoms with Crippen molar-refractivity contribution in [1.82, 2.24) is 4.98 Å². The summed E-state index contributed by atoms with van der Waals surface area (Å²) in [5.74, 6) is 0.791. The zero-order valence-corrected chi connectivity index (χ0v) is 13.9. The van der Waals surface area contributed by atoms with Crippen molar-refractivity contribution >= 4 is 17.4 Å². The van der Waals surface area contributed by atoms with Crippen molar-refractivity contribution in [3.63, 3.8) is 0 Å². The largest absolute Gasteiger partial charge is 0.383 e. The van der Waals surface area contributed by atoms with Crippen LogP contribution in [0.2, 0.25) is 5.02 Å². The number of nitrogen functional groups attached to an aromatic ring is 1. The molecule has 0 unspecified atom stereocenters. The molecule has 0 saturated carbocycles. The molecule has 1 heterocycles. The molecular formula is C18H20ClN3. The zero-order chi connectivity index (χ0) is 16.3. The van der Waals surface area contributed by atoms with Crippen LogP contribution in [0.15, 0.2) is 24.3 Å². The predicted octanol–water partition coefficient (Wildman–Crippen LogP) is 4.75. The van der Waals surface area contributed by atoms with Gasteiger partial charge in [0.05, 0.1) is 0 Å². The number of rotatable bonds is 4. The molecular weight excluding hydrogens is 294 g/mol.